The number of pyridine rings is 1. The highest BCUT2D eigenvalue weighted by molar-refractivity contribution is 6.06. The predicted molar refractivity (Wildman–Crippen MR) is 131 cm³/mol. The van der Waals surface area contributed by atoms with Gasteiger partial charge in [0.15, 0.2) is 0 Å². The van der Waals surface area contributed by atoms with Crippen LogP contribution in [-0.4, -0.2) is 45.1 Å². The minimum Gasteiger partial charge on any atom is -0.350 e. The van der Waals surface area contributed by atoms with E-state index in [-0.39, 0.29) is 11.9 Å². The summed E-state index contributed by atoms with van der Waals surface area (Å²) in [4.78, 5) is 20.3. The number of likely N-dealkylation sites (tertiary alicyclic amines) is 1. The van der Waals surface area contributed by atoms with Crippen LogP contribution in [-0.2, 0) is 6.54 Å². The summed E-state index contributed by atoms with van der Waals surface area (Å²) in [6, 6.07) is 20.3. The third kappa shape index (κ3) is 4.52. The van der Waals surface area contributed by atoms with Crippen molar-refractivity contribution in [2.45, 2.75) is 38.8 Å². The van der Waals surface area contributed by atoms with Crippen molar-refractivity contribution >= 4 is 16.8 Å². The highest BCUT2D eigenvalue weighted by atomic mass is 16.1. The Balaban J connectivity index is 1.37. The fourth-order valence-corrected chi connectivity index (χ4v) is 4.68. The molecule has 1 aliphatic heterocycles. The van der Waals surface area contributed by atoms with E-state index < -0.39 is 0 Å². The van der Waals surface area contributed by atoms with Crippen LogP contribution in [0.4, 0.5) is 0 Å². The first-order valence-electron chi connectivity index (χ1n) is 11.6. The zero-order chi connectivity index (χ0) is 22.8. The van der Waals surface area contributed by atoms with E-state index in [1.54, 1.807) is 0 Å². The highest BCUT2D eigenvalue weighted by Crippen LogP contribution is 2.31. The number of carbonyl (C=O) groups excluding carboxylic acids is 1. The molecular weight excluding hydrogens is 410 g/mol. The van der Waals surface area contributed by atoms with E-state index in [1.165, 1.54) is 5.56 Å². The monoisotopic (exact) mass is 439 g/mol. The van der Waals surface area contributed by atoms with Gasteiger partial charge in [0.2, 0.25) is 0 Å². The second-order valence-corrected chi connectivity index (χ2v) is 9.10. The number of amides is 1. The molecule has 2 aromatic carbocycles. The van der Waals surface area contributed by atoms with Gasteiger partial charge >= 0.3 is 0 Å². The van der Waals surface area contributed by atoms with Gasteiger partial charge in [-0.2, -0.15) is 5.10 Å². The number of carbonyl (C=O) groups is 1. The summed E-state index contributed by atoms with van der Waals surface area (Å²) in [5, 5.41) is 11.4. The average Bonchev–Trinajstić information content (AvgIpc) is 3.48. The number of aromatic nitrogens is 3. The molecule has 1 saturated heterocycles. The van der Waals surface area contributed by atoms with Gasteiger partial charge in [0.1, 0.15) is 0 Å². The molecule has 0 unspecified atom stereocenters. The van der Waals surface area contributed by atoms with Crippen LogP contribution in [0.25, 0.3) is 22.2 Å². The van der Waals surface area contributed by atoms with Crippen molar-refractivity contribution in [1.29, 1.82) is 0 Å². The molecule has 0 radical (unpaired) electrons. The average molecular weight is 440 g/mol. The quantitative estimate of drug-likeness (QED) is 0.455. The molecule has 33 heavy (non-hydrogen) atoms. The first-order chi connectivity index (χ1) is 16.1. The van der Waals surface area contributed by atoms with Crippen LogP contribution in [0.3, 0.4) is 0 Å². The lowest BCUT2D eigenvalue weighted by Crippen LogP contribution is -2.30. The molecule has 0 bridgehead atoms. The van der Waals surface area contributed by atoms with Gasteiger partial charge in [0, 0.05) is 41.7 Å². The number of nitrogens with zero attached hydrogens (tertiary/aromatic N) is 3. The number of rotatable bonds is 6. The number of hydrogen-bond donors (Lipinski definition) is 2. The minimum absolute atomic E-state index is 0.0365. The molecule has 2 aromatic heterocycles. The standard InChI is InChI=1S/C27H29N5O/c1-18(2)29-27(33)23-14-25(30-24-11-7-6-10-22(23)24)20-12-13-32(16-20)17-21-15-28-31-26(21)19-8-4-3-5-9-19/h3-11,14-15,18,20H,12-13,16-17H2,1-2H3,(H,28,31)(H,29,33)/t20-/m0/s1. The van der Waals surface area contributed by atoms with Crippen molar-refractivity contribution < 1.29 is 4.79 Å². The number of aromatic amines is 1. The van der Waals surface area contributed by atoms with Crippen LogP contribution >= 0.6 is 0 Å². The normalized spacial score (nSPS) is 16.5. The molecule has 6 nitrogen and oxygen atoms in total. The summed E-state index contributed by atoms with van der Waals surface area (Å²) in [7, 11) is 0. The molecule has 0 aliphatic carbocycles. The van der Waals surface area contributed by atoms with Crippen LogP contribution < -0.4 is 5.32 Å². The molecule has 2 N–H and O–H groups in total. The van der Waals surface area contributed by atoms with E-state index >= 15 is 0 Å². The van der Waals surface area contributed by atoms with E-state index in [4.69, 9.17) is 4.98 Å². The van der Waals surface area contributed by atoms with E-state index in [0.29, 0.717) is 11.5 Å². The Hall–Kier alpha value is -3.51. The fraction of sp³-hybridized carbons (Fsp3) is 0.296. The zero-order valence-electron chi connectivity index (χ0n) is 19.1. The van der Waals surface area contributed by atoms with E-state index in [9.17, 15) is 4.79 Å². The van der Waals surface area contributed by atoms with E-state index in [0.717, 1.165) is 53.9 Å². The molecule has 3 heterocycles. The first kappa shape index (κ1) is 21.3. The number of benzene rings is 2. The van der Waals surface area contributed by atoms with Gasteiger partial charge < -0.3 is 5.32 Å². The third-order valence-electron chi connectivity index (χ3n) is 6.27. The Bertz CT molecular complexity index is 1260. The van der Waals surface area contributed by atoms with Gasteiger partial charge in [-0.1, -0.05) is 48.5 Å². The van der Waals surface area contributed by atoms with Gasteiger partial charge in [0.05, 0.1) is 23.0 Å². The number of para-hydroxylation sites is 1. The largest absolute Gasteiger partial charge is 0.350 e. The maximum atomic E-state index is 12.9. The Morgan fingerprint density at radius 2 is 1.94 bits per heavy atom. The molecule has 1 atom stereocenters. The lowest BCUT2D eigenvalue weighted by atomic mass is 9.99. The highest BCUT2D eigenvalue weighted by Gasteiger charge is 2.27. The molecule has 5 rings (SSSR count). The van der Waals surface area contributed by atoms with Gasteiger partial charge in [-0.25, -0.2) is 0 Å². The van der Waals surface area contributed by atoms with Gasteiger partial charge in [-0.05, 0) is 44.5 Å². The second-order valence-electron chi connectivity index (χ2n) is 9.10. The molecule has 6 heteroatoms. The Labute approximate surface area is 194 Å². The summed E-state index contributed by atoms with van der Waals surface area (Å²) >= 11 is 0. The SMILES string of the molecule is CC(C)NC(=O)c1cc([C@H]2CCN(Cc3cn[nH]c3-c3ccccc3)C2)nc2ccccc12. The molecule has 1 amide bonds. The summed E-state index contributed by atoms with van der Waals surface area (Å²) in [6.45, 7) is 6.71. The maximum Gasteiger partial charge on any atom is 0.252 e. The van der Waals surface area contributed by atoms with Crippen molar-refractivity contribution in [2.75, 3.05) is 13.1 Å². The molecule has 1 fully saturated rings. The van der Waals surface area contributed by atoms with E-state index in [2.05, 4.69) is 32.5 Å². The van der Waals surface area contributed by atoms with Crippen molar-refractivity contribution in [3.8, 4) is 11.3 Å². The Kier molecular flexibility index (Phi) is 5.92. The lowest BCUT2D eigenvalue weighted by Gasteiger charge is -2.17. The molecule has 168 valence electrons. The van der Waals surface area contributed by atoms with Gasteiger partial charge in [-0.3, -0.25) is 19.8 Å². The van der Waals surface area contributed by atoms with Crippen LogP contribution in [0.15, 0.2) is 66.9 Å². The van der Waals surface area contributed by atoms with Crippen LogP contribution in [0.2, 0.25) is 0 Å². The van der Waals surface area contributed by atoms with Crippen molar-refractivity contribution in [2.24, 2.45) is 0 Å². The number of H-pyrrole nitrogens is 1. The smallest absolute Gasteiger partial charge is 0.252 e. The zero-order valence-corrected chi connectivity index (χ0v) is 19.1. The summed E-state index contributed by atoms with van der Waals surface area (Å²) < 4.78 is 0. The van der Waals surface area contributed by atoms with E-state index in [1.807, 2.05) is 68.6 Å². The maximum absolute atomic E-state index is 12.9. The summed E-state index contributed by atoms with van der Waals surface area (Å²) in [6.07, 6.45) is 2.95. The lowest BCUT2D eigenvalue weighted by molar-refractivity contribution is 0.0944. The summed E-state index contributed by atoms with van der Waals surface area (Å²) in [5.41, 5.74) is 6.02. The van der Waals surface area contributed by atoms with Crippen LogP contribution in [0.5, 0.6) is 0 Å². The molecular formula is C27H29N5O. The topological polar surface area (TPSA) is 73.9 Å². The molecule has 4 aromatic rings. The van der Waals surface area contributed by atoms with Gasteiger partial charge in [0.25, 0.3) is 5.91 Å². The van der Waals surface area contributed by atoms with Crippen molar-refractivity contribution in [3.05, 3.63) is 83.7 Å². The first-order valence-corrected chi connectivity index (χ1v) is 11.6. The van der Waals surface area contributed by atoms with Crippen LogP contribution in [0, 0.1) is 0 Å². The predicted octanol–water partition coefficient (Wildman–Crippen LogP) is 4.75. The molecule has 0 spiro atoms. The van der Waals surface area contributed by atoms with Crippen molar-refractivity contribution in [1.82, 2.24) is 25.4 Å². The van der Waals surface area contributed by atoms with Crippen molar-refractivity contribution in [3.63, 3.8) is 0 Å². The third-order valence-corrected chi connectivity index (χ3v) is 6.27. The van der Waals surface area contributed by atoms with Crippen LogP contribution in [0.1, 0.15) is 47.8 Å². The van der Waals surface area contributed by atoms with Gasteiger partial charge in [-0.15, -0.1) is 0 Å². The summed E-state index contributed by atoms with van der Waals surface area (Å²) in [5.74, 6) is 0.262. The molecule has 0 saturated carbocycles. The number of nitrogens with one attached hydrogen (secondary N) is 2. The minimum atomic E-state index is -0.0365. The second kappa shape index (κ2) is 9.16. The number of fused-ring (bicyclic) bond motifs is 1. The Morgan fingerprint density at radius 1 is 1.15 bits per heavy atom. The molecule has 1 aliphatic rings. The fourth-order valence-electron chi connectivity index (χ4n) is 4.68. The Morgan fingerprint density at radius 3 is 2.76 bits per heavy atom. The number of hydrogen-bond acceptors (Lipinski definition) is 4.